The lowest BCUT2D eigenvalue weighted by Gasteiger charge is -2.10. The minimum Gasteiger partial charge on any atom is -0.366 e. The van der Waals surface area contributed by atoms with E-state index >= 15 is 0 Å². The molecule has 0 aliphatic carbocycles. The molecule has 38 heavy (non-hydrogen) atoms. The number of anilines is 2. The van der Waals surface area contributed by atoms with Crippen molar-refractivity contribution in [2.75, 3.05) is 17.2 Å². The Kier molecular flexibility index (Phi) is 7.03. The first kappa shape index (κ1) is 24.6. The molecule has 1 aliphatic heterocycles. The molecule has 0 radical (unpaired) electrons. The number of aromatic amines is 1. The fourth-order valence-electron chi connectivity index (χ4n) is 3.97. The summed E-state index contributed by atoms with van der Waals surface area (Å²) in [5.74, 6) is -2.10. The average molecular weight is 513 g/mol. The van der Waals surface area contributed by atoms with Gasteiger partial charge in [0, 0.05) is 30.5 Å². The van der Waals surface area contributed by atoms with E-state index in [0.29, 0.717) is 29.1 Å². The molecule has 2 aromatic heterocycles. The van der Waals surface area contributed by atoms with Gasteiger partial charge in [-0.25, -0.2) is 18.7 Å². The molecule has 0 saturated heterocycles. The second kappa shape index (κ2) is 10.9. The molecule has 0 unspecified atom stereocenters. The quantitative estimate of drug-likeness (QED) is 0.257. The summed E-state index contributed by atoms with van der Waals surface area (Å²) in [5.41, 5.74) is 4.48. The van der Waals surface area contributed by atoms with Crippen LogP contribution in [0.4, 0.5) is 20.3 Å². The topological polar surface area (TPSA) is 112 Å². The third kappa shape index (κ3) is 5.49. The summed E-state index contributed by atoms with van der Waals surface area (Å²) in [7, 11) is 0. The van der Waals surface area contributed by atoms with E-state index in [2.05, 4.69) is 30.9 Å². The van der Waals surface area contributed by atoms with E-state index in [0.717, 1.165) is 34.6 Å². The van der Waals surface area contributed by atoms with Gasteiger partial charge in [0.1, 0.15) is 5.82 Å². The van der Waals surface area contributed by atoms with Gasteiger partial charge in [-0.3, -0.25) is 9.59 Å². The summed E-state index contributed by atoms with van der Waals surface area (Å²) in [5, 5.41) is 8.69. The molecule has 0 bridgehead atoms. The van der Waals surface area contributed by atoms with Crippen LogP contribution in [0.5, 0.6) is 0 Å². The van der Waals surface area contributed by atoms with E-state index in [1.165, 1.54) is 6.07 Å². The number of halogens is 2. The van der Waals surface area contributed by atoms with E-state index in [1.807, 2.05) is 30.4 Å². The first-order valence-electron chi connectivity index (χ1n) is 11.7. The number of nitrogens with one attached hydrogen (secondary N) is 4. The molecule has 1 aliphatic rings. The van der Waals surface area contributed by atoms with Gasteiger partial charge in [-0.05, 0) is 47.5 Å². The summed E-state index contributed by atoms with van der Waals surface area (Å²) >= 11 is 0. The fourth-order valence-corrected chi connectivity index (χ4v) is 3.97. The van der Waals surface area contributed by atoms with E-state index in [4.69, 9.17) is 0 Å². The fraction of sp³-hybridized carbons (Fsp3) is 0.0714. The Morgan fingerprint density at radius 3 is 2.79 bits per heavy atom. The van der Waals surface area contributed by atoms with Crippen LogP contribution in [-0.4, -0.2) is 33.3 Å². The molecule has 190 valence electrons. The maximum absolute atomic E-state index is 13.4. The van der Waals surface area contributed by atoms with Crippen molar-refractivity contribution < 1.29 is 18.4 Å². The number of imidazole rings is 1. The Morgan fingerprint density at radius 1 is 1.08 bits per heavy atom. The molecule has 4 N–H and O–H groups in total. The normalized spacial score (nSPS) is 13.5. The second-order valence-electron chi connectivity index (χ2n) is 8.44. The average Bonchev–Trinajstić information content (AvgIpc) is 3.55. The van der Waals surface area contributed by atoms with Crippen LogP contribution in [0, 0.1) is 11.6 Å². The van der Waals surface area contributed by atoms with Gasteiger partial charge < -0.3 is 20.9 Å². The Labute approximate surface area is 216 Å². The van der Waals surface area contributed by atoms with Gasteiger partial charge in [-0.1, -0.05) is 30.4 Å². The number of hydrogen-bond donors (Lipinski definition) is 4. The number of carbonyl (C=O) groups excluding carboxylic acids is 2. The van der Waals surface area contributed by atoms with Gasteiger partial charge in [0.2, 0.25) is 0 Å². The minimum atomic E-state index is -0.968. The van der Waals surface area contributed by atoms with E-state index in [9.17, 15) is 18.4 Å². The van der Waals surface area contributed by atoms with Gasteiger partial charge in [0.25, 0.3) is 11.8 Å². The predicted octanol–water partition coefficient (Wildman–Crippen LogP) is 4.63. The maximum atomic E-state index is 13.4. The number of pyridine rings is 1. The number of rotatable bonds is 8. The van der Waals surface area contributed by atoms with Crippen molar-refractivity contribution in [3.8, 4) is 0 Å². The third-order valence-corrected chi connectivity index (χ3v) is 5.83. The van der Waals surface area contributed by atoms with Crippen LogP contribution in [0.15, 0.2) is 73.3 Å². The zero-order chi connectivity index (χ0) is 26.5. The number of fused-ring (bicyclic) bond motifs is 1. The first-order valence-corrected chi connectivity index (χ1v) is 11.7. The molecule has 5 rings (SSSR count). The lowest BCUT2D eigenvalue weighted by molar-refractivity contribution is -0.110. The molecule has 2 aromatic carbocycles. The summed E-state index contributed by atoms with van der Waals surface area (Å²) in [6.45, 7) is 0.423. The van der Waals surface area contributed by atoms with Crippen molar-refractivity contribution in [1.29, 1.82) is 0 Å². The summed E-state index contributed by atoms with van der Waals surface area (Å²) in [6.07, 6.45) is 10.3. The molecule has 3 heterocycles. The Bertz CT molecular complexity index is 1560. The van der Waals surface area contributed by atoms with Crippen LogP contribution < -0.4 is 16.0 Å². The smallest absolute Gasteiger partial charge is 0.256 e. The molecule has 4 aromatic rings. The van der Waals surface area contributed by atoms with Crippen LogP contribution >= 0.6 is 0 Å². The van der Waals surface area contributed by atoms with Gasteiger partial charge in [-0.2, -0.15) is 0 Å². The van der Waals surface area contributed by atoms with Crippen LogP contribution in [0.2, 0.25) is 0 Å². The van der Waals surface area contributed by atoms with E-state index in [1.54, 1.807) is 36.9 Å². The number of hydrogen-bond acceptors (Lipinski definition) is 5. The van der Waals surface area contributed by atoms with Crippen molar-refractivity contribution in [1.82, 2.24) is 20.3 Å². The first-order chi connectivity index (χ1) is 18.5. The molecule has 0 spiro atoms. The molecule has 0 atom stereocenters. The standard InChI is InChI=1S/C28H22F2N6O2/c29-23-8-6-18(11-24(23)30)14-34-27(37)21-4-2-10-33-26(21)32-9-1-3-17-5-7-20-22(13-19-15-31-16-35-19)28(38)36-25(20)12-17/h1-8,10-13,15-16H,9,14H2,(H,31,35)(H,32,33)(H,34,37)(H,36,38)/b3-1+,22-13-. The highest BCUT2D eigenvalue weighted by atomic mass is 19.2. The largest absolute Gasteiger partial charge is 0.366 e. The van der Waals surface area contributed by atoms with Gasteiger partial charge in [0.05, 0.1) is 29.4 Å². The third-order valence-electron chi connectivity index (χ3n) is 5.83. The highest BCUT2D eigenvalue weighted by Gasteiger charge is 2.24. The zero-order valence-electron chi connectivity index (χ0n) is 20.0. The lowest BCUT2D eigenvalue weighted by atomic mass is 10.0. The zero-order valence-corrected chi connectivity index (χ0v) is 20.0. The van der Waals surface area contributed by atoms with Crippen molar-refractivity contribution in [3.63, 3.8) is 0 Å². The Morgan fingerprint density at radius 2 is 1.97 bits per heavy atom. The number of amides is 2. The van der Waals surface area contributed by atoms with Crippen LogP contribution in [0.1, 0.15) is 32.7 Å². The molecule has 8 nitrogen and oxygen atoms in total. The van der Waals surface area contributed by atoms with E-state index in [-0.39, 0.29) is 12.5 Å². The molecule has 10 heteroatoms. The maximum Gasteiger partial charge on any atom is 0.256 e. The monoisotopic (exact) mass is 512 g/mol. The molecular weight excluding hydrogens is 490 g/mol. The molecule has 0 fully saturated rings. The van der Waals surface area contributed by atoms with E-state index < -0.39 is 17.5 Å². The summed E-state index contributed by atoms with van der Waals surface area (Å²) in [6, 6.07) is 12.4. The van der Waals surface area contributed by atoms with Crippen LogP contribution in [0.3, 0.4) is 0 Å². The van der Waals surface area contributed by atoms with Gasteiger partial charge in [0.15, 0.2) is 11.6 Å². The number of nitrogens with zero attached hydrogens (tertiary/aromatic N) is 2. The summed E-state index contributed by atoms with van der Waals surface area (Å²) in [4.78, 5) is 36.3. The Balaban J connectivity index is 1.20. The van der Waals surface area contributed by atoms with Gasteiger partial charge in [-0.15, -0.1) is 0 Å². The highest BCUT2D eigenvalue weighted by molar-refractivity contribution is 6.34. The Hall–Kier alpha value is -5.12. The van der Waals surface area contributed by atoms with Crippen LogP contribution in [0.25, 0.3) is 17.7 Å². The number of aromatic nitrogens is 3. The number of carbonyl (C=O) groups is 2. The number of H-pyrrole nitrogens is 1. The van der Waals surface area contributed by atoms with Crippen molar-refractivity contribution in [3.05, 3.63) is 113 Å². The molecular formula is C28H22F2N6O2. The van der Waals surface area contributed by atoms with Crippen molar-refractivity contribution >= 4 is 41.0 Å². The van der Waals surface area contributed by atoms with Gasteiger partial charge >= 0.3 is 0 Å². The SMILES string of the molecule is O=C1Nc2cc(/C=C/CNc3ncccc3C(=O)NCc3ccc(F)c(F)c3)ccc2/C1=C/c1cnc[nH]1. The molecule has 0 saturated carbocycles. The lowest BCUT2D eigenvalue weighted by Crippen LogP contribution is -2.24. The van der Waals surface area contributed by atoms with Crippen molar-refractivity contribution in [2.45, 2.75) is 6.54 Å². The second-order valence-corrected chi connectivity index (χ2v) is 8.44. The summed E-state index contributed by atoms with van der Waals surface area (Å²) < 4.78 is 26.5. The van der Waals surface area contributed by atoms with Crippen LogP contribution in [-0.2, 0) is 11.3 Å². The predicted molar refractivity (Wildman–Crippen MR) is 141 cm³/mol. The number of benzene rings is 2. The highest BCUT2D eigenvalue weighted by Crippen LogP contribution is 2.33. The minimum absolute atomic E-state index is 0.0396. The van der Waals surface area contributed by atoms with Crippen molar-refractivity contribution in [2.24, 2.45) is 0 Å². The molecule has 2 amide bonds.